The molecular formula is C20H28IN3OS. The maximum Gasteiger partial charge on any atom is 0.191 e. The molecule has 0 saturated carbocycles. The first kappa shape index (κ1) is 22.6. The standard InChI is InChI=1S/C20H27N3OS.HI/c1-4-21-20(23-15-18-11-10-16(2)14-17(18)3)22-12-13-25(24)19-8-6-5-7-9-19;/h5-11,14H,4,12-13,15H2,1-3H3,(H2,21,22,23);1H. The van der Waals surface area contributed by atoms with Crippen molar-refractivity contribution in [1.29, 1.82) is 0 Å². The lowest BCUT2D eigenvalue weighted by atomic mass is 10.1. The molecular weight excluding hydrogens is 457 g/mol. The molecule has 0 radical (unpaired) electrons. The molecule has 0 bridgehead atoms. The van der Waals surface area contributed by atoms with Gasteiger partial charge in [-0.1, -0.05) is 42.0 Å². The van der Waals surface area contributed by atoms with Crippen LogP contribution in [0.2, 0.25) is 0 Å². The van der Waals surface area contributed by atoms with Crippen LogP contribution in [0.4, 0.5) is 0 Å². The summed E-state index contributed by atoms with van der Waals surface area (Å²) in [6.07, 6.45) is 0. The first-order valence-corrected chi connectivity index (χ1v) is 9.93. The van der Waals surface area contributed by atoms with Crippen molar-refractivity contribution in [1.82, 2.24) is 10.6 Å². The van der Waals surface area contributed by atoms with E-state index < -0.39 is 10.8 Å². The second-order valence-corrected chi connectivity index (χ2v) is 7.49. The Hall–Kier alpha value is -1.41. The molecule has 2 rings (SSSR count). The fourth-order valence-corrected chi connectivity index (χ4v) is 3.47. The van der Waals surface area contributed by atoms with Gasteiger partial charge in [0.15, 0.2) is 5.96 Å². The number of guanidine groups is 1. The van der Waals surface area contributed by atoms with Gasteiger partial charge >= 0.3 is 0 Å². The molecule has 2 N–H and O–H groups in total. The van der Waals surface area contributed by atoms with Crippen molar-refractivity contribution in [3.8, 4) is 0 Å². The smallest absolute Gasteiger partial charge is 0.191 e. The van der Waals surface area contributed by atoms with Gasteiger partial charge in [-0.25, -0.2) is 4.99 Å². The van der Waals surface area contributed by atoms with Gasteiger partial charge in [-0.05, 0) is 44.0 Å². The highest BCUT2D eigenvalue weighted by atomic mass is 127. The minimum atomic E-state index is -0.995. The van der Waals surface area contributed by atoms with Crippen LogP contribution in [0, 0.1) is 13.8 Å². The van der Waals surface area contributed by atoms with E-state index in [-0.39, 0.29) is 24.0 Å². The van der Waals surface area contributed by atoms with E-state index in [1.807, 2.05) is 37.3 Å². The second kappa shape index (κ2) is 12.1. The van der Waals surface area contributed by atoms with E-state index in [0.29, 0.717) is 18.8 Å². The summed E-state index contributed by atoms with van der Waals surface area (Å²) in [4.78, 5) is 5.50. The molecule has 0 aliphatic carbocycles. The van der Waals surface area contributed by atoms with Crippen molar-refractivity contribution in [2.75, 3.05) is 18.8 Å². The summed E-state index contributed by atoms with van der Waals surface area (Å²) >= 11 is 0. The normalized spacial score (nSPS) is 12.2. The molecule has 0 spiro atoms. The minimum absolute atomic E-state index is 0. The van der Waals surface area contributed by atoms with Crippen molar-refractivity contribution in [3.05, 3.63) is 65.2 Å². The number of hydrogen-bond donors (Lipinski definition) is 2. The molecule has 1 atom stereocenters. The molecule has 2 aromatic carbocycles. The first-order chi connectivity index (χ1) is 12.1. The van der Waals surface area contributed by atoms with Crippen molar-refractivity contribution >= 4 is 40.7 Å². The van der Waals surface area contributed by atoms with E-state index >= 15 is 0 Å². The Morgan fingerprint density at radius 1 is 1.08 bits per heavy atom. The highest BCUT2D eigenvalue weighted by Crippen LogP contribution is 2.11. The Kier molecular flexibility index (Phi) is 10.5. The molecule has 0 heterocycles. The van der Waals surface area contributed by atoms with E-state index in [9.17, 15) is 4.21 Å². The molecule has 0 saturated heterocycles. The lowest BCUT2D eigenvalue weighted by Crippen LogP contribution is -2.39. The Bertz CT molecular complexity index is 735. The van der Waals surface area contributed by atoms with Gasteiger partial charge < -0.3 is 10.6 Å². The lowest BCUT2D eigenvalue weighted by Gasteiger charge is -2.12. The molecule has 0 aliphatic heterocycles. The summed E-state index contributed by atoms with van der Waals surface area (Å²) in [6, 6.07) is 16.0. The van der Waals surface area contributed by atoms with Gasteiger partial charge in [-0.3, -0.25) is 4.21 Å². The zero-order valence-corrected chi connectivity index (χ0v) is 18.8. The summed E-state index contributed by atoms with van der Waals surface area (Å²) in [7, 11) is -0.995. The maximum absolute atomic E-state index is 12.3. The van der Waals surface area contributed by atoms with Crippen LogP contribution in [0.25, 0.3) is 0 Å². The Morgan fingerprint density at radius 3 is 2.46 bits per heavy atom. The van der Waals surface area contributed by atoms with Crippen molar-refractivity contribution < 1.29 is 4.21 Å². The van der Waals surface area contributed by atoms with Crippen LogP contribution in [0.15, 0.2) is 58.4 Å². The van der Waals surface area contributed by atoms with Gasteiger partial charge in [0.1, 0.15) is 0 Å². The SMILES string of the molecule is CCNC(=NCc1ccc(C)cc1C)NCCS(=O)c1ccccc1.I. The number of hydrogen-bond acceptors (Lipinski definition) is 2. The van der Waals surface area contributed by atoms with Crippen LogP contribution < -0.4 is 10.6 Å². The third-order valence-corrected chi connectivity index (χ3v) is 5.21. The topological polar surface area (TPSA) is 53.5 Å². The van der Waals surface area contributed by atoms with E-state index in [4.69, 9.17) is 0 Å². The molecule has 26 heavy (non-hydrogen) atoms. The van der Waals surface area contributed by atoms with Gasteiger partial charge in [0.2, 0.25) is 0 Å². The summed E-state index contributed by atoms with van der Waals surface area (Å²) in [5.74, 6) is 1.31. The number of aliphatic imine (C=N–C) groups is 1. The van der Waals surface area contributed by atoms with Crippen LogP contribution in [0.3, 0.4) is 0 Å². The quantitative estimate of drug-likeness (QED) is 0.357. The Morgan fingerprint density at radius 2 is 1.81 bits per heavy atom. The number of aryl methyl sites for hydroxylation is 2. The molecule has 142 valence electrons. The van der Waals surface area contributed by atoms with Gasteiger partial charge in [-0.2, -0.15) is 0 Å². The van der Waals surface area contributed by atoms with Crippen LogP contribution in [-0.4, -0.2) is 29.0 Å². The van der Waals surface area contributed by atoms with Crippen LogP contribution >= 0.6 is 24.0 Å². The molecule has 6 heteroatoms. The molecule has 4 nitrogen and oxygen atoms in total. The predicted molar refractivity (Wildman–Crippen MR) is 122 cm³/mol. The molecule has 0 aliphatic rings. The zero-order valence-electron chi connectivity index (χ0n) is 15.6. The van der Waals surface area contributed by atoms with Crippen molar-refractivity contribution in [2.45, 2.75) is 32.2 Å². The van der Waals surface area contributed by atoms with E-state index in [1.165, 1.54) is 16.7 Å². The summed E-state index contributed by atoms with van der Waals surface area (Å²) in [5.41, 5.74) is 3.74. The Balaban J connectivity index is 0.00000338. The zero-order chi connectivity index (χ0) is 18.1. The first-order valence-electron chi connectivity index (χ1n) is 8.62. The maximum atomic E-state index is 12.3. The van der Waals surface area contributed by atoms with E-state index in [1.54, 1.807) is 0 Å². The Labute approximate surface area is 176 Å². The van der Waals surface area contributed by atoms with Crippen LogP contribution in [0.5, 0.6) is 0 Å². The molecule has 0 fully saturated rings. The van der Waals surface area contributed by atoms with E-state index in [0.717, 1.165) is 17.4 Å². The second-order valence-electron chi connectivity index (χ2n) is 5.91. The highest BCUT2D eigenvalue weighted by Gasteiger charge is 2.04. The van der Waals surface area contributed by atoms with Gasteiger partial charge in [0, 0.05) is 23.7 Å². The molecule has 2 aromatic rings. The van der Waals surface area contributed by atoms with Gasteiger partial charge in [-0.15, -0.1) is 24.0 Å². The monoisotopic (exact) mass is 485 g/mol. The average Bonchev–Trinajstić information content (AvgIpc) is 2.61. The number of nitrogens with one attached hydrogen (secondary N) is 2. The van der Waals surface area contributed by atoms with Crippen LogP contribution in [0.1, 0.15) is 23.6 Å². The molecule has 1 unspecified atom stereocenters. The number of benzene rings is 2. The molecule has 0 amide bonds. The van der Waals surface area contributed by atoms with E-state index in [2.05, 4.69) is 47.7 Å². The minimum Gasteiger partial charge on any atom is -0.357 e. The summed E-state index contributed by atoms with van der Waals surface area (Å²) in [5, 5.41) is 6.51. The number of rotatable bonds is 7. The van der Waals surface area contributed by atoms with Crippen molar-refractivity contribution in [3.63, 3.8) is 0 Å². The molecule has 0 aromatic heterocycles. The van der Waals surface area contributed by atoms with Crippen molar-refractivity contribution in [2.24, 2.45) is 4.99 Å². The fraction of sp³-hybridized carbons (Fsp3) is 0.350. The largest absolute Gasteiger partial charge is 0.357 e. The summed E-state index contributed by atoms with van der Waals surface area (Å²) < 4.78 is 12.3. The van der Waals surface area contributed by atoms with Gasteiger partial charge in [0.25, 0.3) is 0 Å². The summed E-state index contributed by atoms with van der Waals surface area (Å²) in [6.45, 7) is 8.28. The van der Waals surface area contributed by atoms with Crippen LogP contribution in [-0.2, 0) is 17.3 Å². The number of nitrogens with zero attached hydrogens (tertiary/aromatic N) is 1. The highest BCUT2D eigenvalue weighted by molar-refractivity contribution is 14.0. The lowest BCUT2D eigenvalue weighted by molar-refractivity contribution is 0.681. The third-order valence-electron chi connectivity index (χ3n) is 3.84. The number of halogens is 1. The predicted octanol–water partition coefficient (Wildman–Crippen LogP) is 3.78. The van der Waals surface area contributed by atoms with Gasteiger partial charge in [0.05, 0.1) is 17.3 Å². The average molecular weight is 485 g/mol. The third kappa shape index (κ3) is 7.45. The fourth-order valence-electron chi connectivity index (χ4n) is 2.48.